The maximum Gasteiger partial charge on any atom is 0.162 e. The number of nitrogens with two attached hydrogens (primary N) is 1. The minimum absolute atomic E-state index is 0.109. The topological polar surface area (TPSA) is 55.5 Å². The molecule has 0 aliphatic rings. The first-order chi connectivity index (χ1) is 8.20. The molecule has 3 N–H and O–H groups in total. The molecule has 3 heteroatoms. The van der Waals surface area contributed by atoms with Crippen molar-refractivity contribution in [3.63, 3.8) is 0 Å². The first kappa shape index (κ1) is 13.8. The largest absolute Gasteiger partial charge is 0.504 e. The van der Waals surface area contributed by atoms with Crippen molar-refractivity contribution >= 4 is 0 Å². The number of rotatable bonds is 7. The highest BCUT2D eigenvalue weighted by Crippen LogP contribution is 2.34. The summed E-state index contributed by atoms with van der Waals surface area (Å²) in [4.78, 5) is 0. The van der Waals surface area contributed by atoms with Crippen LogP contribution in [0.1, 0.15) is 51.1 Å². The van der Waals surface area contributed by atoms with Crippen LogP contribution in [0.2, 0.25) is 0 Å². The average Bonchev–Trinajstić information content (AvgIpc) is 2.32. The number of hydrogen-bond acceptors (Lipinski definition) is 3. The zero-order chi connectivity index (χ0) is 12.7. The molecule has 1 atom stereocenters. The lowest BCUT2D eigenvalue weighted by Crippen LogP contribution is -2.10. The van der Waals surface area contributed by atoms with Gasteiger partial charge in [0.25, 0.3) is 0 Å². The van der Waals surface area contributed by atoms with Gasteiger partial charge in [-0.2, -0.15) is 0 Å². The van der Waals surface area contributed by atoms with Crippen LogP contribution in [0.5, 0.6) is 11.5 Å². The molecule has 0 spiro atoms. The number of unbranched alkanes of at least 4 members (excludes halogenated alkanes) is 2. The zero-order valence-electron chi connectivity index (χ0n) is 10.8. The lowest BCUT2D eigenvalue weighted by atomic mass is 10.00. The Morgan fingerprint density at radius 3 is 2.71 bits per heavy atom. The number of ether oxygens (including phenoxy) is 1. The molecule has 17 heavy (non-hydrogen) atoms. The predicted molar refractivity (Wildman–Crippen MR) is 70.3 cm³/mol. The summed E-state index contributed by atoms with van der Waals surface area (Å²) in [5, 5.41) is 10.0. The maximum atomic E-state index is 10.0. The number of para-hydroxylation sites is 1. The standard InChI is InChI=1S/C14H23NO2/c1-3-5-6-9-12(15)11-8-7-10-13(14(11)16)17-4-2/h7-8,10,12,16H,3-6,9,15H2,1-2H3/t12-/m1/s1. The van der Waals surface area contributed by atoms with Crippen molar-refractivity contribution in [3.8, 4) is 11.5 Å². The van der Waals surface area contributed by atoms with Crippen LogP contribution in [-0.4, -0.2) is 11.7 Å². The molecule has 0 saturated carbocycles. The van der Waals surface area contributed by atoms with Gasteiger partial charge >= 0.3 is 0 Å². The molecule has 1 rings (SSSR count). The molecule has 0 saturated heterocycles. The van der Waals surface area contributed by atoms with Crippen molar-refractivity contribution in [3.05, 3.63) is 23.8 Å². The molecule has 96 valence electrons. The molecule has 0 heterocycles. The second-order valence-electron chi connectivity index (χ2n) is 4.23. The Morgan fingerprint density at radius 2 is 2.06 bits per heavy atom. The molecule has 1 aromatic rings. The van der Waals surface area contributed by atoms with Gasteiger partial charge in [-0.15, -0.1) is 0 Å². The minimum atomic E-state index is -0.109. The third kappa shape index (κ3) is 3.93. The predicted octanol–water partition coefficient (Wildman–Crippen LogP) is 3.37. The summed E-state index contributed by atoms with van der Waals surface area (Å²) in [7, 11) is 0. The summed E-state index contributed by atoms with van der Waals surface area (Å²) in [5.41, 5.74) is 6.87. The Balaban J connectivity index is 2.72. The number of aromatic hydroxyl groups is 1. The van der Waals surface area contributed by atoms with Gasteiger partial charge in [-0.25, -0.2) is 0 Å². The zero-order valence-corrected chi connectivity index (χ0v) is 10.8. The summed E-state index contributed by atoms with van der Waals surface area (Å²) in [6.45, 7) is 4.61. The highest BCUT2D eigenvalue weighted by atomic mass is 16.5. The Morgan fingerprint density at radius 1 is 1.29 bits per heavy atom. The van der Waals surface area contributed by atoms with Crippen molar-refractivity contribution in [2.75, 3.05) is 6.61 Å². The Kier molecular flexibility index (Phi) is 5.84. The van der Waals surface area contributed by atoms with Gasteiger partial charge in [0.2, 0.25) is 0 Å². The van der Waals surface area contributed by atoms with Crippen LogP contribution < -0.4 is 10.5 Å². The molecule has 0 fully saturated rings. The van der Waals surface area contributed by atoms with Gasteiger partial charge in [-0.1, -0.05) is 38.3 Å². The van der Waals surface area contributed by atoms with E-state index >= 15 is 0 Å². The lowest BCUT2D eigenvalue weighted by Gasteiger charge is -2.15. The normalized spacial score (nSPS) is 12.4. The van der Waals surface area contributed by atoms with E-state index < -0.39 is 0 Å². The van der Waals surface area contributed by atoms with Gasteiger partial charge in [0, 0.05) is 11.6 Å². The maximum absolute atomic E-state index is 10.0. The summed E-state index contributed by atoms with van der Waals surface area (Å²) in [6, 6.07) is 5.40. The Labute approximate surface area is 104 Å². The molecule has 0 aliphatic carbocycles. The Bertz CT molecular complexity index is 339. The van der Waals surface area contributed by atoms with E-state index in [0.29, 0.717) is 12.4 Å². The van der Waals surface area contributed by atoms with Crippen LogP contribution in [0.25, 0.3) is 0 Å². The van der Waals surface area contributed by atoms with E-state index in [1.807, 2.05) is 19.1 Å². The third-order valence-corrected chi connectivity index (χ3v) is 2.85. The van der Waals surface area contributed by atoms with Crippen molar-refractivity contribution in [1.82, 2.24) is 0 Å². The third-order valence-electron chi connectivity index (χ3n) is 2.85. The van der Waals surface area contributed by atoms with Crippen molar-refractivity contribution in [2.45, 2.75) is 45.6 Å². The molecular weight excluding hydrogens is 214 g/mol. The minimum Gasteiger partial charge on any atom is -0.504 e. The molecule has 0 amide bonds. The smallest absolute Gasteiger partial charge is 0.162 e. The first-order valence-corrected chi connectivity index (χ1v) is 6.40. The molecule has 0 aliphatic heterocycles. The summed E-state index contributed by atoms with van der Waals surface area (Å²) in [6.07, 6.45) is 4.35. The first-order valence-electron chi connectivity index (χ1n) is 6.40. The van der Waals surface area contributed by atoms with Crippen LogP contribution in [0, 0.1) is 0 Å². The summed E-state index contributed by atoms with van der Waals surface area (Å²) < 4.78 is 5.35. The number of benzene rings is 1. The van der Waals surface area contributed by atoms with Crippen molar-refractivity contribution in [2.24, 2.45) is 5.73 Å². The monoisotopic (exact) mass is 237 g/mol. The van der Waals surface area contributed by atoms with Crippen LogP contribution in [-0.2, 0) is 0 Å². The Hall–Kier alpha value is -1.22. The second-order valence-corrected chi connectivity index (χ2v) is 4.23. The van der Waals surface area contributed by atoms with Gasteiger partial charge < -0.3 is 15.6 Å². The molecule has 1 aromatic carbocycles. The van der Waals surface area contributed by atoms with E-state index in [-0.39, 0.29) is 11.8 Å². The molecule has 0 aromatic heterocycles. The van der Waals surface area contributed by atoms with E-state index in [4.69, 9.17) is 10.5 Å². The lowest BCUT2D eigenvalue weighted by molar-refractivity contribution is 0.315. The fourth-order valence-electron chi connectivity index (χ4n) is 1.88. The van der Waals surface area contributed by atoms with Crippen molar-refractivity contribution < 1.29 is 9.84 Å². The van der Waals surface area contributed by atoms with E-state index in [1.165, 1.54) is 12.8 Å². The van der Waals surface area contributed by atoms with Crippen LogP contribution >= 0.6 is 0 Å². The van der Waals surface area contributed by atoms with Gasteiger partial charge in [-0.05, 0) is 19.4 Å². The van der Waals surface area contributed by atoms with Crippen LogP contribution in [0.15, 0.2) is 18.2 Å². The fraction of sp³-hybridized carbons (Fsp3) is 0.571. The summed E-state index contributed by atoms with van der Waals surface area (Å²) >= 11 is 0. The molecule has 0 radical (unpaired) electrons. The second kappa shape index (κ2) is 7.17. The average molecular weight is 237 g/mol. The van der Waals surface area contributed by atoms with E-state index in [1.54, 1.807) is 6.07 Å². The van der Waals surface area contributed by atoms with Crippen LogP contribution in [0.4, 0.5) is 0 Å². The molecular formula is C14H23NO2. The van der Waals surface area contributed by atoms with Gasteiger partial charge in [0.1, 0.15) is 0 Å². The molecule has 0 bridgehead atoms. The van der Waals surface area contributed by atoms with Gasteiger partial charge in [0.05, 0.1) is 6.61 Å². The van der Waals surface area contributed by atoms with E-state index in [2.05, 4.69) is 6.92 Å². The number of hydrogen-bond donors (Lipinski definition) is 2. The quantitative estimate of drug-likeness (QED) is 0.715. The van der Waals surface area contributed by atoms with Crippen molar-refractivity contribution in [1.29, 1.82) is 0 Å². The fourth-order valence-corrected chi connectivity index (χ4v) is 1.88. The number of phenolic OH excluding ortho intramolecular Hbond substituents is 1. The summed E-state index contributed by atoms with van der Waals surface area (Å²) in [5.74, 6) is 0.717. The number of phenols is 1. The van der Waals surface area contributed by atoms with Gasteiger partial charge in [-0.3, -0.25) is 0 Å². The highest BCUT2D eigenvalue weighted by molar-refractivity contribution is 5.46. The van der Waals surface area contributed by atoms with E-state index in [9.17, 15) is 5.11 Å². The van der Waals surface area contributed by atoms with E-state index in [0.717, 1.165) is 18.4 Å². The molecule has 0 unspecified atom stereocenters. The van der Waals surface area contributed by atoms with Crippen LogP contribution in [0.3, 0.4) is 0 Å². The highest BCUT2D eigenvalue weighted by Gasteiger charge is 2.13. The van der Waals surface area contributed by atoms with Gasteiger partial charge in [0.15, 0.2) is 11.5 Å². The SMILES string of the molecule is CCCCC[C@@H](N)c1cccc(OCC)c1O. The molecule has 3 nitrogen and oxygen atoms in total.